The molecule has 106 valence electrons. The number of rotatable bonds is 2. The molecule has 0 aromatic rings. The standard InChI is InChI=1S/C16H31NO/c1-9-15(7)11-13(18)12(3)16(8,10-2)17(15)14(4,5)6/h12H,9-11H2,1-8H3. The van der Waals surface area contributed by atoms with Gasteiger partial charge in [0.2, 0.25) is 0 Å². The lowest BCUT2D eigenvalue weighted by Crippen LogP contribution is -2.71. The van der Waals surface area contributed by atoms with Gasteiger partial charge < -0.3 is 0 Å². The van der Waals surface area contributed by atoms with Crippen molar-refractivity contribution < 1.29 is 4.79 Å². The number of carbonyl (C=O) groups is 1. The Morgan fingerprint density at radius 1 is 1.22 bits per heavy atom. The summed E-state index contributed by atoms with van der Waals surface area (Å²) in [4.78, 5) is 15.0. The smallest absolute Gasteiger partial charge is 0.139 e. The van der Waals surface area contributed by atoms with Crippen LogP contribution in [0.5, 0.6) is 0 Å². The molecule has 0 N–H and O–H groups in total. The predicted molar refractivity (Wildman–Crippen MR) is 77.8 cm³/mol. The Labute approximate surface area is 113 Å². The summed E-state index contributed by atoms with van der Waals surface area (Å²) in [6, 6.07) is 0. The molecule has 0 radical (unpaired) electrons. The van der Waals surface area contributed by atoms with Crippen molar-refractivity contribution in [3.05, 3.63) is 0 Å². The fourth-order valence-corrected chi connectivity index (χ4v) is 4.09. The largest absolute Gasteiger partial charge is 0.299 e. The number of piperidine rings is 1. The summed E-state index contributed by atoms with van der Waals surface area (Å²) < 4.78 is 0. The number of hydrogen-bond donors (Lipinski definition) is 0. The minimum atomic E-state index is -0.0294. The van der Waals surface area contributed by atoms with Crippen LogP contribution in [0.2, 0.25) is 0 Å². The quantitative estimate of drug-likeness (QED) is 0.740. The van der Waals surface area contributed by atoms with Crippen LogP contribution in [0, 0.1) is 5.92 Å². The highest BCUT2D eigenvalue weighted by Gasteiger charge is 2.55. The van der Waals surface area contributed by atoms with Crippen molar-refractivity contribution in [1.82, 2.24) is 4.90 Å². The Balaban J connectivity index is 3.38. The molecule has 1 fully saturated rings. The summed E-state index contributed by atoms with van der Waals surface area (Å²) in [5.74, 6) is 0.561. The third kappa shape index (κ3) is 2.24. The van der Waals surface area contributed by atoms with E-state index in [2.05, 4.69) is 60.3 Å². The van der Waals surface area contributed by atoms with Crippen LogP contribution in [0.25, 0.3) is 0 Å². The lowest BCUT2D eigenvalue weighted by molar-refractivity contribution is -0.160. The highest BCUT2D eigenvalue weighted by atomic mass is 16.1. The molecule has 3 unspecified atom stereocenters. The van der Waals surface area contributed by atoms with E-state index in [4.69, 9.17) is 0 Å². The molecule has 0 amide bonds. The molecule has 1 heterocycles. The van der Waals surface area contributed by atoms with Gasteiger partial charge in [-0.15, -0.1) is 0 Å². The average molecular weight is 253 g/mol. The third-order valence-electron chi connectivity index (χ3n) is 5.17. The van der Waals surface area contributed by atoms with Gasteiger partial charge in [0.15, 0.2) is 0 Å². The van der Waals surface area contributed by atoms with Crippen molar-refractivity contribution in [2.75, 3.05) is 0 Å². The fraction of sp³-hybridized carbons (Fsp3) is 0.938. The van der Waals surface area contributed by atoms with Gasteiger partial charge >= 0.3 is 0 Å². The molecule has 0 spiro atoms. The molecule has 1 aliphatic rings. The van der Waals surface area contributed by atoms with Gasteiger partial charge in [-0.25, -0.2) is 0 Å². The minimum Gasteiger partial charge on any atom is -0.299 e. The minimum absolute atomic E-state index is 0.00734. The van der Waals surface area contributed by atoms with E-state index < -0.39 is 0 Å². The van der Waals surface area contributed by atoms with Gasteiger partial charge in [0.05, 0.1) is 0 Å². The topological polar surface area (TPSA) is 20.3 Å². The molecular weight excluding hydrogens is 222 g/mol. The monoisotopic (exact) mass is 253 g/mol. The van der Waals surface area contributed by atoms with Crippen molar-refractivity contribution in [1.29, 1.82) is 0 Å². The van der Waals surface area contributed by atoms with Crippen molar-refractivity contribution in [2.45, 2.75) is 91.3 Å². The maximum absolute atomic E-state index is 12.4. The molecule has 1 aliphatic heterocycles. The number of likely N-dealkylation sites (tertiary alicyclic amines) is 1. The predicted octanol–water partition coefficient (Wildman–Crippen LogP) is 4.03. The second-order valence-corrected chi connectivity index (χ2v) is 7.43. The van der Waals surface area contributed by atoms with Gasteiger partial charge in [-0.2, -0.15) is 0 Å². The van der Waals surface area contributed by atoms with E-state index in [9.17, 15) is 4.79 Å². The lowest BCUT2D eigenvalue weighted by Gasteiger charge is -2.62. The van der Waals surface area contributed by atoms with Gasteiger partial charge in [0.25, 0.3) is 0 Å². The summed E-state index contributed by atoms with van der Waals surface area (Å²) in [5.41, 5.74) is 0.0510. The molecule has 0 saturated carbocycles. The molecule has 0 aliphatic carbocycles. The third-order valence-corrected chi connectivity index (χ3v) is 5.17. The normalized spacial score (nSPS) is 39.1. The van der Waals surface area contributed by atoms with E-state index in [-0.39, 0.29) is 22.5 Å². The molecule has 0 aromatic carbocycles. The lowest BCUT2D eigenvalue weighted by atomic mass is 9.66. The Hall–Kier alpha value is -0.370. The first-order chi connectivity index (χ1) is 8.03. The van der Waals surface area contributed by atoms with Crippen LogP contribution >= 0.6 is 0 Å². The van der Waals surface area contributed by atoms with Gasteiger partial charge in [-0.1, -0.05) is 20.8 Å². The SMILES string of the molecule is CCC1(C)CC(=O)C(C)C(C)(CC)N1C(C)(C)C. The van der Waals surface area contributed by atoms with Crippen molar-refractivity contribution >= 4 is 5.78 Å². The van der Waals surface area contributed by atoms with Gasteiger partial charge in [0.1, 0.15) is 5.78 Å². The van der Waals surface area contributed by atoms with E-state index >= 15 is 0 Å². The Morgan fingerprint density at radius 3 is 2.06 bits per heavy atom. The zero-order chi connectivity index (χ0) is 14.4. The molecule has 2 nitrogen and oxygen atoms in total. The Morgan fingerprint density at radius 2 is 1.72 bits per heavy atom. The Kier molecular flexibility index (Phi) is 4.03. The van der Waals surface area contributed by atoms with Gasteiger partial charge in [0, 0.05) is 29.0 Å². The second-order valence-electron chi connectivity index (χ2n) is 7.43. The van der Waals surface area contributed by atoms with Crippen LogP contribution in [0.4, 0.5) is 0 Å². The van der Waals surface area contributed by atoms with Gasteiger partial charge in [-0.05, 0) is 47.5 Å². The van der Waals surface area contributed by atoms with Crippen LogP contribution in [0.15, 0.2) is 0 Å². The average Bonchev–Trinajstić information content (AvgIpc) is 2.24. The number of Topliss-reactive ketones (excluding diaryl/α,β-unsaturated/α-hetero) is 1. The summed E-state index contributed by atoms with van der Waals surface area (Å²) in [6.45, 7) is 17.9. The van der Waals surface area contributed by atoms with Crippen LogP contribution in [-0.2, 0) is 4.79 Å². The fourth-order valence-electron chi connectivity index (χ4n) is 4.09. The van der Waals surface area contributed by atoms with Gasteiger partial charge in [-0.3, -0.25) is 9.69 Å². The van der Waals surface area contributed by atoms with E-state index in [0.717, 1.165) is 12.8 Å². The number of nitrogens with zero attached hydrogens (tertiary/aromatic N) is 1. The van der Waals surface area contributed by atoms with Crippen LogP contribution < -0.4 is 0 Å². The zero-order valence-electron chi connectivity index (χ0n) is 13.6. The summed E-state index contributed by atoms with van der Waals surface area (Å²) in [7, 11) is 0. The van der Waals surface area contributed by atoms with E-state index in [1.54, 1.807) is 0 Å². The van der Waals surface area contributed by atoms with Crippen LogP contribution in [-0.4, -0.2) is 27.3 Å². The molecule has 0 aromatic heterocycles. The van der Waals surface area contributed by atoms with Crippen molar-refractivity contribution in [3.8, 4) is 0 Å². The maximum atomic E-state index is 12.4. The molecule has 1 rings (SSSR count). The van der Waals surface area contributed by atoms with E-state index in [0.29, 0.717) is 12.2 Å². The molecule has 1 saturated heterocycles. The molecule has 18 heavy (non-hydrogen) atoms. The molecule has 3 atom stereocenters. The van der Waals surface area contributed by atoms with Crippen molar-refractivity contribution in [2.24, 2.45) is 5.92 Å². The number of hydrogen-bond acceptors (Lipinski definition) is 2. The zero-order valence-corrected chi connectivity index (χ0v) is 13.6. The first-order valence-electron chi connectivity index (χ1n) is 7.36. The summed E-state index contributed by atoms with van der Waals surface area (Å²) in [6.07, 6.45) is 2.74. The van der Waals surface area contributed by atoms with Crippen LogP contribution in [0.3, 0.4) is 0 Å². The summed E-state index contributed by atoms with van der Waals surface area (Å²) >= 11 is 0. The van der Waals surface area contributed by atoms with E-state index in [1.807, 2.05) is 0 Å². The number of carbonyl (C=O) groups excluding carboxylic acids is 1. The van der Waals surface area contributed by atoms with Crippen LogP contribution in [0.1, 0.15) is 74.7 Å². The van der Waals surface area contributed by atoms with E-state index in [1.165, 1.54) is 0 Å². The molecule has 0 bridgehead atoms. The van der Waals surface area contributed by atoms with Crippen molar-refractivity contribution in [3.63, 3.8) is 0 Å². The molecular formula is C16H31NO. The Bertz CT molecular complexity index is 330. The first-order valence-corrected chi connectivity index (χ1v) is 7.36. The molecule has 2 heteroatoms. The highest BCUT2D eigenvalue weighted by Crippen LogP contribution is 2.47. The maximum Gasteiger partial charge on any atom is 0.139 e. The number of ketones is 1. The first kappa shape index (κ1) is 15.7. The summed E-state index contributed by atoms with van der Waals surface area (Å²) in [5, 5.41) is 0. The second kappa shape index (κ2) is 4.63. The highest BCUT2D eigenvalue weighted by molar-refractivity contribution is 5.84.